The number of hydrogen-bond acceptors (Lipinski definition) is 2. The van der Waals surface area contributed by atoms with Crippen molar-refractivity contribution in [3.8, 4) is 0 Å². The van der Waals surface area contributed by atoms with Gasteiger partial charge in [-0.2, -0.15) is 0 Å². The molecule has 0 radical (unpaired) electrons. The zero-order valence-corrected chi connectivity index (χ0v) is 7.60. The maximum Gasteiger partial charge on any atom is 0.0386 e. The molecular weight excluding hydrogens is 227 g/mol. The van der Waals surface area contributed by atoms with Gasteiger partial charge in [0.1, 0.15) is 0 Å². The maximum atomic E-state index is 5.83. The zero-order chi connectivity index (χ0) is 6.69. The minimum absolute atomic E-state index is 0.417. The summed E-state index contributed by atoms with van der Waals surface area (Å²) in [6.45, 7) is 2.23. The molecule has 1 aliphatic rings. The van der Waals surface area contributed by atoms with Crippen LogP contribution < -0.4 is 11.1 Å². The normalized spacial score (nSPS) is 38.0. The molecule has 3 N–H and O–H groups in total. The van der Waals surface area contributed by atoms with Crippen molar-refractivity contribution in [3.05, 3.63) is 0 Å². The van der Waals surface area contributed by atoms with Crippen LogP contribution in [0.25, 0.3) is 0 Å². The molecule has 2 nitrogen and oxygen atoms in total. The highest BCUT2D eigenvalue weighted by Crippen LogP contribution is 2.10. The molecule has 0 spiro atoms. The third-order valence-corrected chi connectivity index (χ3v) is 3.06. The fourth-order valence-corrected chi connectivity index (χ4v) is 1.71. The van der Waals surface area contributed by atoms with E-state index in [1.165, 1.54) is 12.8 Å². The van der Waals surface area contributed by atoms with E-state index >= 15 is 0 Å². The summed E-state index contributed by atoms with van der Waals surface area (Å²) < 4.78 is 0.630. The molecule has 0 aromatic carbocycles. The summed E-state index contributed by atoms with van der Waals surface area (Å²) in [6.07, 6.45) is 2.42. The first-order valence-corrected chi connectivity index (χ1v) is 4.65. The van der Waals surface area contributed by atoms with Crippen molar-refractivity contribution < 1.29 is 0 Å². The van der Waals surface area contributed by atoms with Gasteiger partial charge in [0, 0.05) is 16.5 Å². The minimum atomic E-state index is 0.417. The lowest BCUT2D eigenvalue weighted by Crippen LogP contribution is -2.34. The van der Waals surface area contributed by atoms with E-state index in [1.807, 2.05) is 0 Å². The quantitative estimate of drug-likeness (QED) is 0.478. The third kappa shape index (κ3) is 2.39. The number of rotatable bonds is 0. The summed E-state index contributed by atoms with van der Waals surface area (Å²) in [6, 6.07) is 0.417. The Labute approximate surface area is 69.7 Å². The summed E-state index contributed by atoms with van der Waals surface area (Å²) in [5.74, 6) is 0. The van der Waals surface area contributed by atoms with Gasteiger partial charge in [0.2, 0.25) is 0 Å². The number of alkyl halides is 1. The molecule has 3 heteroatoms. The smallest absolute Gasteiger partial charge is 0.0386 e. The lowest BCUT2D eigenvalue weighted by molar-refractivity contribution is 0.625. The fourth-order valence-electron chi connectivity index (χ4n) is 1.03. The van der Waals surface area contributed by atoms with Gasteiger partial charge in [0.25, 0.3) is 0 Å². The Morgan fingerprint density at radius 1 is 1.56 bits per heavy atom. The topological polar surface area (TPSA) is 38.0 Å². The lowest BCUT2D eigenvalue weighted by Gasteiger charge is -2.12. The van der Waals surface area contributed by atoms with Crippen LogP contribution in [-0.2, 0) is 0 Å². The van der Waals surface area contributed by atoms with Gasteiger partial charge in [0.15, 0.2) is 0 Å². The Balaban J connectivity index is 2.32. The molecule has 0 aliphatic carbocycles. The molecule has 1 fully saturated rings. The molecule has 0 bridgehead atoms. The van der Waals surface area contributed by atoms with Crippen LogP contribution in [0.3, 0.4) is 0 Å². The fraction of sp³-hybridized carbons (Fsp3) is 1.00. The minimum Gasteiger partial charge on any atom is -0.327 e. The average molecular weight is 240 g/mol. The van der Waals surface area contributed by atoms with Crippen molar-refractivity contribution in [2.24, 2.45) is 5.73 Å². The second-order valence-electron chi connectivity index (χ2n) is 2.53. The Morgan fingerprint density at radius 3 is 3.11 bits per heavy atom. The molecule has 1 unspecified atom stereocenters. The maximum absolute atomic E-state index is 5.83. The number of halogens is 1. The van der Waals surface area contributed by atoms with Gasteiger partial charge < -0.3 is 11.1 Å². The Hall–Kier alpha value is 0.650. The molecule has 1 heterocycles. The van der Waals surface area contributed by atoms with Gasteiger partial charge in [-0.3, -0.25) is 0 Å². The monoisotopic (exact) mass is 240 g/mol. The van der Waals surface area contributed by atoms with Crippen molar-refractivity contribution in [3.63, 3.8) is 0 Å². The van der Waals surface area contributed by atoms with E-state index in [-0.39, 0.29) is 0 Å². The SMILES string of the molecule is NC1CCCNC[C@H]1I. The van der Waals surface area contributed by atoms with Crippen LogP contribution in [0.5, 0.6) is 0 Å². The van der Waals surface area contributed by atoms with E-state index in [4.69, 9.17) is 5.73 Å². The van der Waals surface area contributed by atoms with Gasteiger partial charge in [-0.05, 0) is 19.4 Å². The Kier molecular flexibility index (Phi) is 3.21. The van der Waals surface area contributed by atoms with E-state index in [2.05, 4.69) is 27.9 Å². The highest BCUT2D eigenvalue weighted by Gasteiger charge is 2.15. The Bertz CT molecular complexity index is 77.1. The molecule has 1 saturated heterocycles. The first kappa shape index (κ1) is 7.75. The van der Waals surface area contributed by atoms with E-state index < -0.39 is 0 Å². The van der Waals surface area contributed by atoms with Crippen LogP contribution in [0, 0.1) is 0 Å². The summed E-state index contributed by atoms with van der Waals surface area (Å²) in [5.41, 5.74) is 5.83. The van der Waals surface area contributed by atoms with Crippen LogP contribution in [-0.4, -0.2) is 23.1 Å². The molecule has 54 valence electrons. The second-order valence-corrected chi connectivity index (χ2v) is 4.13. The van der Waals surface area contributed by atoms with Crippen molar-refractivity contribution in [1.29, 1.82) is 0 Å². The lowest BCUT2D eigenvalue weighted by atomic mass is 10.1. The van der Waals surface area contributed by atoms with E-state index in [0.29, 0.717) is 9.97 Å². The predicted octanol–water partition coefficient (Wildman–Crippen LogP) is 0.501. The molecule has 0 aromatic heterocycles. The third-order valence-electron chi connectivity index (χ3n) is 1.69. The van der Waals surface area contributed by atoms with Crippen molar-refractivity contribution >= 4 is 22.6 Å². The van der Waals surface area contributed by atoms with Gasteiger partial charge >= 0.3 is 0 Å². The first-order chi connectivity index (χ1) is 4.30. The number of nitrogens with one attached hydrogen (secondary N) is 1. The molecule has 1 aliphatic heterocycles. The molecule has 0 saturated carbocycles. The summed E-state index contributed by atoms with van der Waals surface area (Å²) in [7, 11) is 0. The van der Waals surface area contributed by atoms with Crippen LogP contribution >= 0.6 is 22.6 Å². The highest BCUT2D eigenvalue weighted by molar-refractivity contribution is 14.1. The number of nitrogens with two attached hydrogens (primary N) is 1. The van der Waals surface area contributed by atoms with Gasteiger partial charge in [-0.25, -0.2) is 0 Å². The van der Waals surface area contributed by atoms with E-state index in [9.17, 15) is 0 Å². The standard InChI is InChI=1S/C6H13IN2/c7-5-4-9-3-1-2-6(5)8/h5-6,9H,1-4,8H2/t5-,6?/m1/s1. The molecule has 9 heavy (non-hydrogen) atoms. The van der Waals surface area contributed by atoms with Gasteiger partial charge in [0.05, 0.1) is 0 Å². The first-order valence-electron chi connectivity index (χ1n) is 3.41. The van der Waals surface area contributed by atoms with Crippen molar-refractivity contribution in [1.82, 2.24) is 5.32 Å². The van der Waals surface area contributed by atoms with Crippen molar-refractivity contribution in [2.45, 2.75) is 22.8 Å². The molecule has 0 amide bonds. The summed E-state index contributed by atoms with van der Waals surface area (Å²) in [5, 5.41) is 3.34. The molecule has 0 aromatic rings. The molecule has 2 atom stereocenters. The zero-order valence-electron chi connectivity index (χ0n) is 5.44. The van der Waals surface area contributed by atoms with Crippen LogP contribution in [0.2, 0.25) is 0 Å². The van der Waals surface area contributed by atoms with Gasteiger partial charge in [-0.1, -0.05) is 22.6 Å². The van der Waals surface area contributed by atoms with Crippen LogP contribution in [0.15, 0.2) is 0 Å². The molecule has 1 rings (SSSR count). The van der Waals surface area contributed by atoms with Crippen LogP contribution in [0.1, 0.15) is 12.8 Å². The van der Waals surface area contributed by atoms with Gasteiger partial charge in [-0.15, -0.1) is 0 Å². The van der Waals surface area contributed by atoms with Crippen molar-refractivity contribution in [2.75, 3.05) is 13.1 Å². The highest BCUT2D eigenvalue weighted by atomic mass is 127. The predicted molar refractivity (Wildman–Crippen MR) is 47.9 cm³/mol. The Morgan fingerprint density at radius 2 is 2.33 bits per heavy atom. The average Bonchev–Trinajstić information content (AvgIpc) is 1.99. The number of hydrogen-bond donors (Lipinski definition) is 2. The van der Waals surface area contributed by atoms with Crippen LogP contribution in [0.4, 0.5) is 0 Å². The summed E-state index contributed by atoms with van der Waals surface area (Å²) >= 11 is 2.42. The largest absolute Gasteiger partial charge is 0.327 e. The van der Waals surface area contributed by atoms with E-state index in [0.717, 1.165) is 13.1 Å². The second kappa shape index (κ2) is 3.73. The van der Waals surface area contributed by atoms with E-state index in [1.54, 1.807) is 0 Å². The summed E-state index contributed by atoms with van der Waals surface area (Å²) in [4.78, 5) is 0. The molecular formula is C6H13IN2.